The van der Waals surface area contributed by atoms with Crippen LogP contribution in [0.1, 0.15) is 22.4 Å². The number of H-pyrrole nitrogens is 1. The van der Waals surface area contributed by atoms with E-state index < -0.39 is 0 Å². The molecule has 0 aliphatic rings. The molecule has 0 bridgehead atoms. The standard InChI is InChI=1S/C23H22BrClN4/c1-14-11-18(19-12-29(3)13-26-19)17(10-9-16-7-5-4-6-8-16)21(22(14)24)20-15(2)27-28-23(20)25/h4-8,11-13H,9-10H2,1-3H3,(H,27,28). The summed E-state index contributed by atoms with van der Waals surface area (Å²) in [5.41, 5.74) is 8.75. The second kappa shape index (κ2) is 8.17. The maximum atomic E-state index is 6.51. The number of rotatable bonds is 5. The van der Waals surface area contributed by atoms with Gasteiger partial charge in [0.05, 0.1) is 12.0 Å². The van der Waals surface area contributed by atoms with Gasteiger partial charge in [-0.2, -0.15) is 5.10 Å². The van der Waals surface area contributed by atoms with E-state index in [1.54, 1.807) is 0 Å². The molecule has 2 aromatic heterocycles. The molecule has 29 heavy (non-hydrogen) atoms. The van der Waals surface area contributed by atoms with E-state index in [4.69, 9.17) is 11.6 Å². The first kappa shape index (κ1) is 19.9. The van der Waals surface area contributed by atoms with Crippen LogP contribution in [0.15, 0.2) is 53.4 Å². The molecule has 1 N–H and O–H groups in total. The lowest BCUT2D eigenvalue weighted by Gasteiger charge is -2.18. The summed E-state index contributed by atoms with van der Waals surface area (Å²) in [6, 6.07) is 12.7. The number of hydrogen-bond acceptors (Lipinski definition) is 2. The smallest absolute Gasteiger partial charge is 0.158 e. The Balaban J connectivity index is 1.94. The van der Waals surface area contributed by atoms with E-state index in [1.807, 2.05) is 30.9 Å². The summed E-state index contributed by atoms with van der Waals surface area (Å²) in [5, 5.41) is 7.74. The minimum absolute atomic E-state index is 0.488. The third-order valence-corrected chi connectivity index (χ3v) is 6.49. The van der Waals surface area contributed by atoms with Crippen molar-refractivity contribution < 1.29 is 0 Å². The molecule has 4 nitrogen and oxygen atoms in total. The zero-order valence-electron chi connectivity index (χ0n) is 16.6. The number of aromatic nitrogens is 4. The molecule has 0 radical (unpaired) electrons. The number of aromatic amines is 1. The molecule has 0 saturated heterocycles. The lowest BCUT2D eigenvalue weighted by atomic mass is 9.88. The van der Waals surface area contributed by atoms with Crippen LogP contribution in [0.5, 0.6) is 0 Å². The Hall–Kier alpha value is -2.37. The average Bonchev–Trinajstić information content (AvgIpc) is 3.29. The van der Waals surface area contributed by atoms with Gasteiger partial charge in [0.25, 0.3) is 0 Å². The van der Waals surface area contributed by atoms with Crippen molar-refractivity contribution >= 4 is 27.5 Å². The molecular weight excluding hydrogens is 448 g/mol. The lowest BCUT2D eigenvalue weighted by molar-refractivity contribution is 0.913. The number of benzene rings is 2. The number of nitrogens with one attached hydrogen (secondary N) is 1. The molecule has 2 aromatic carbocycles. The van der Waals surface area contributed by atoms with Crippen molar-refractivity contribution in [2.75, 3.05) is 0 Å². The van der Waals surface area contributed by atoms with Crippen LogP contribution in [0.4, 0.5) is 0 Å². The fraction of sp³-hybridized carbons (Fsp3) is 0.217. The summed E-state index contributed by atoms with van der Waals surface area (Å²) >= 11 is 10.3. The molecular formula is C23H22BrClN4. The largest absolute Gasteiger partial charge is 0.340 e. The van der Waals surface area contributed by atoms with Gasteiger partial charge in [-0.1, -0.05) is 41.9 Å². The summed E-state index contributed by atoms with van der Waals surface area (Å²) < 4.78 is 3.02. The fourth-order valence-corrected chi connectivity index (χ4v) is 4.57. The highest BCUT2D eigenvalue weighted by atomic mass is 79.9. The molecule has 0 saturated carbocycles. The van der Waals surface area contributed by atoms with Gasteiger partial charge in [-0.15, -0.1) is 0 Å². The Morgan fingerprint density at radius 1 is 1.10 bits per heavy atom. The van der Waals surface area contributed by atoms with Crippen LogP contribution < -0.4 is 0 Å². The predicted octanol–water partition coefficient (Wildman–Crippen LogP) is 6.30. The lowest BCUT2D eigenvalue weighted by Crippen LogP contribution is -2.01. The first-order valence-corrected chi connectivity index (χ1v) is 10.7. The predicted molar refractivity (Wildman–Crippen MR) is 122 cm³/mol. The first-order valence-electron chi connectivity index (χ1n) is 9.50. The van der Waals surface area contributed by atoms with Gasteiger partial charge < -0.3 is 4.57 Å². The van der Waals surface area contributed by atoms with Gasteiger partial charge in [0, 0.05) is 40.1 Å². The van der Waals surface area contributed by atoms with Gasteiger partial charge in [-0.05, 0) is 65.4 Å². The van der Waals surface area contributed by atoms with Crippen molar-refractivity contribution in [1.82, 2.24) is 19.7 Å². The molecule has 0 aliphatic carbocycles. The van der Waals surface area contributed by atoms with Crippen LogP contribution in [0.3, 0.4) is 0 Å². The molecule has 0 aliphatic heterocycles. The molecule has 4 aromatic rings. The van der Waals surface area contributed by atoms with Crippen LogP contribution >= 0.6 is 27.5 Å². The summed E-state index contributed by atoms with van der Waals surface area (Å²) in [4.78, 5) is 4.63. The van der Waals surface area contributed by atoms with E-state index in [-0.39, 0.29) is 0 Å². The fourth-order valence-electron chi connectivity index (χ4n) is 3.74. The normalized spacial score (nSPS) is 11.2. The first-order chi connectivity index (χ1) is 14.0. The molecule has 2 heterocycles. The number of hydrogen-bond donors (Lipinski definition) is 1. The van der Waals surface area contributed by atoms with E-state index in [1.165, 1.54) is 11.1 Å². The number of nitrogens with zero attached hydrogens (tertiary/aromatic N) is 3. The molecule has 4 rings (SSSR count). The summed E-state index contributed by atoms with van der Waals surface area (Å²) in [5.74, 6) is 0. The van der Waals surface area contributed by atoms with Gasteiger partial charge in [0.1, 0.15) is 0 Å². The van der Waals surface area contributed by atoms with Crippen molar-refractivity contribution in [3.63, 3.8) is 0 Å². The zero-order chi connectivity index (χ0) is 20.5. The minimum Gasteiger partial charge on any atom is -0.340 e. The highest BCUT2D eigenvalue weighted by Gasteiger charge is 2.23. The van der Waals surface area contributed by atoms with Crippen molar-refractivity contribution in [1.29, 1.82) is 0 Å². The maximum Gasteiger partial charge on any atom is 0.158 e. The molecule has 0 amide bonds. The van der Waals surface area contributed by atoms with Crippen molar-refractivity contribution in [3.8, 4) is 22.4 Å². The van der Waals surface area contributed by atoms with Crippen molar-refractivity contribution in [2.45, 2.75) is 26.7 Å². The highest BCUT2D eigenvalue weighted by Crippen LogP contribution is 2.43. The topological polar surface area (TPSA) is 46.5 Å². The van der Waals surface area contributed by atoms with Crippen molar-refractivity contribution in [3.05, 3.63) is 80.9 Å². The van der Waals surface area contributed by atoms with Gasteiger partial charge >= 0.3 is 0 Å². The molecule has 0 atom stereocenters. The van der Waals surface area contributed by atoms with Gasteiger partial charge in [0.15, 0.2) is 5.15 Å². The quantitative estimate of drug-likeness (QED) is 0.373. The van der Waals surface area contributed by atoms with Crippen LogP contribution in [0.25, 0.3) is 22.4 Å². The highest BCUT2D eigenvalue weighted by molar-refractivity contribution is 9.10. The Bertz CT molecular complexity index is 1140. The van der Waals surface area contributed by atoms with E-state index in [9.17, 15) is 0 Å². The number of imidazole rings is 1. The second-order valence-corrected chi connectivity index (χ2v) is 8.48. The second-order valence-electron chi connectivity index (χ2n) is 7.33. The third kappa shape index (κ3) is 3.89. The van der Waals surface area contributed by atoms with Crippen molar-refractivity contribution in [2.24, 2.45) is 7.05 Å². The van der Waals surface area contributed by atoms with E-state index >= 15 is 0 Å². The third-order valence-electron chi connectivity index (χ3n) is 5.19. The van der Waals surface area contributed by atoms with Crippen LogP contribution in [-0.4, -0.2) is 19.7 Å². The Kier molecular flexibility index (Phi) is 5.61. The summed E-state index contributed by atoms with van der Waals surface area (Å²) in [7, 11) is 1.99. The molecule has 0 fully saturated rings. The summed E-state index contributed by atoms with van der Waals surface area (Å²) in [6.07, 6.45) is 5.69. The number of halogens is 2. The molecule has 0 unspecified atom stereocenters. The van der Waals surface area contributed by atoms with E-state index in [0.717, 1.165) is 51.0 Å². The molecule has 0 spiro atoms. The van der Waals surface area contributed by atoms with Crippen LogP contribution in [0, 0.1) is 13.8 Å². The monoisotopic (exact) mass is 468 g/mol. The van der Waals surface area contributed by atoms with Gasteiger partial charge in [-0.3, -0.25) is 5.10 Å². The maximum absolute atomic E-state index is 6.51. The minimum atomic E-state index is 0.488. The Morgan fingerprint density at radius 3 is 2.48 bits per heavy atom. The Morgan fingerprint density at radius 2 is 1.86 bits per heavy atom. The molecule has 148 valence electrons. The zero-order valence-corrected chi connectivity index (χ0v) is 19.0. The van der Waals surface area contributed by atoms with Crippen LogP contribution in [0.2, 0.25) is 5.15 Å². The molecule has 6 heteroatoms. The van der Waals surface area contributed by atoms with Gasteiger partial charge in [0.2, 0.25) is 0 Å². The van der Waals surface area contributed by atoms with E-state index in [0.29, 0.717) is 5.15 Å². The number of aryl methyl sites for hydroxylation is 4. The Labute approximate surface area is 184 Å². The van der Waals surface area contributed by atoms with Crippen LogP contribution in [-0.2, 0) is 19.9 Å². The summed E-state index contributed by atoms with van der Waals surface area (Å²) in [6.45, 7) is 4.11. The van der Waals surface area contributed by atoms with Gasteiger partial charge in [-0.25, -0.2) is 4.98 Å². The SMILES string of the molecule is Cc1cc(-c2cn(C)cn2)c(CCc2ccccc2)c(-c2c(Cl)n[nH]c2C)c1Br. The average molecular weight is 470 g/mol. The van der Waals surface area contributed by atoms with E-state index in [2.05, 4.69) is 74.6 Å².